The van der Waals surface area contributed by atoms with Crippen LogP contribution in [0.5, 0.6) is 5.75 Å². The van der Waals surface area contributed by atoms with Gasteiger partial charge in [0.1, 0.15) is 5.75 Å². The second-order valence-electron chi connectivity index (χ2n) is 7.51. The van der Waals surface area contributed by atoms with Crippen LogP contribution in [-0.2, 0) is 21.2 Å². The zero-order valence-electron chi connectivity index (χ0n) is 18.3. The minimum atomic E-state index is -3.42. The van der Waals surface area contributed by atoms with Crippen molar-refractivity contribution >= 4 is 27.3 Å². The average molecular weight is 453 g/mol. The molecule has 168 valence electrons. The topological polar surface area (TPSA) is 84.5 Å². The van der Waals surface area contributed by atoms with Crippen molar-refractivity contribution in [2.45, 2.75) is 26.7 Å². The third-order valence-electron chi connectivity index (χ3n) is 4.91. The normalized spacial score (nSPS) is 11.1. The van der Waals surface area contributed by atoms with Crippen LogP contribution in [0.25, 0.3) is 0 Å². The summed E-state index contributed by atoms with van der Waals surface area (Å²) < 4.78 is 32.6. The summed E-state index contributed by atoms with van der Waals surface area (Å²) in [6, 6.07) is 22.8. The molecule has 0 atom stereocenters. The minimum absolute atomic E-state index is 0.0409. The van der Waals surface area contributed by atoms with Gasteiger partial charge in [-0.1, -0.05) is 61.5 Å². The van der Waals surface area contributed by atoms with E-state index in [-0.39, 0.29) is 18.3 Å². The Bertz CT molecular complexity index is 1160. The lowest BCUT2D eigenvalue weighted by Gasteiger charge is -2.15. The molecular weight excluding hydrogens is 424 g/mol. The van der Waals surface area contributed by atoms with Crippen molar-refractivity contribution in [3.63, 3.8) is 0 Å². The molecule has 3 aromatic rings. The van der Waals surface area contributed by atoms with Gasteiger partial charge in [-0.25, -0.2) is 8.42 Å². The van der Waals surface area contributed by atoms with Gasteiger partial charge in [-0.2, -0.15) is 0 Å². The molecular formula is C25H28N2O4S. The van der Waals surface area contributed by atoms with E-state index in [1.807, 2.05) is 54.6 Å². The lowest BCUT2D eigenvalue weighted by atomic mass is 10.0. The van der Waals surface area contributed by atoms with Crippen LogP contribution in [0.1, 0.15) is 30.0 Å². The number of nitrogens with one attached hydrogen (secondary N) is 2. The number of benzene rings is 3. The van der Waals surface area contributed by atoms with Gasteiger partial charge in [-0.3, -0.25) is 9.52 Å². The largest absolute Gasteiger partial charge is 0.483 e. The molecule has 0 saturated carbocycles. The maximum Gasteiger partial charge on any atom is 0.262 e. The number of hydrogen-bond acceptors (Lipinski definition) is 4. The quantitative estimate of drug-likeness (QED) is 0.465. The van der Waals surface area contributed by atoms with Crippen LogP contribution in [0, 0.1) is 6.92 Å². The molecule has 3 aromatic carbocycles. The highest BCUT2D eigenvalue weighted by Crippen LogP contribution is 2.25. The molecule has 0 radical (unpaired) electrons. The minimum Gasteiger partial charge on any atom is -0.483 e. The molecule has 0 saturated heterocycles. The van der Waals surface area contributed by atoms with Crippen molar-refractivity contribution in [3.8, 4) is 5.75 Å². The van der Waals surface area contributed by atoms with E-state index in [2.05, 4.69) is 10.0 Å². The van der Waals surface area contributed by atoms with Crippen LogP contribution < -0.4 is 14.8 Å². The van der Waals surface area contributed by atoms with Crippen LogP contribution in [0.2, 0.25) is 0 Å². The molecule has 0 aliphatic rings. The van der Waals surface area contributed by atoms with Crippen molar-refractivity contribution in [1.82, 2.24) is 0 Å². The van der Waals surface area contributed by atoms with Gasteiger partial charge >= 0.3 is 0 Å². The summed E-state index contributed by atoms with van der Waals surface area (Å²) in [5.74, 6) is 0.375. The maximum atomic E-state index is 12.5. The van der Waals surface area contributed by atoms with Gasteiger partial charge in [0.15, 0.2) is 6.61 Å². The molecule has 6 nitrogen and oxygen atoms in total. The Morgan fingerprint density at radius 1 is 0.906 bits per heavy atom. The second-order valence-corrected chi connectivity index (χ2v) is 9.35. The van der Waals surface area contributed by atoms with E-state index in [0.717, 1.165) is 11.1 Å². The number of amides is 1. The van der Waals surface area contributed by atoms with Gasteiger partial charge in [-0.05, 0) is 48.2 Å². The molecule has 0 aliphatic carbocycles. The summed E-state index contributed by atoms with van der Waals surface area (Å²) in [5.41, 5.74) is 3.78. The smallest absolute Gasteiger partial charge is 0.262 e. The zero-order chi connectivity index (χ0) is 23.0. The highest BCUT2D eigenvalue weighted by molar-refractivity contribution is 7.92. The summed E-state index contributed by atoms with van der Waals surface area (Å²) in [7, 11) is -3.42. The predicted octanol–water partition coefficient (Wildman–Crippen LogP) is 4.76. The number of para-hydroxylation sites is 1. The Balaban J connectivity index is 1.64. The molecule has 32 heavy (non-hydrogen) atoms. The van der Waals surface area contributed by atoms with Crippen molar-refractivity contribution in [1.29, 1.82) is 0 Å². The van der Waals surface area contributed by atoms with Gasteiger partial charge in [0, 0.05) is 12.1 Å². The molecule has 3 rings (SSSR count). The Labute approximate surface area is 189 Å². The van der Waals surface area contributed by atoms with Crippen LogP contribution in [0.3, 0.4) is 0 Å². The molecule has 0 aliphatic heterocycles. The van der Waals surface area contributed by atoms with Crippen LogP contribution in [0.4, 0.5) is 11.4 Å². The zero-order valence-corrected chi connectivity index (χ0v) is 19.1. The highest BCUT2D eigenvalue weighted by atomic mass is 32.2. The second kappa shape index (κ2) is 10.8. The van der Waals surface area contributed by atoms with E-state index in [1.165, 1.54) is 0 Å². The maximum absolute atomic E-state index is 12.5. The average Bonchev–Trinajstić information content (AvgIpc) is 2.76. The van der Waals surface area contributed by atoms with E-state index in [9.17, 15) is 13.2 Å². The van der Waals surface area contributed by atoms with E-state index in [1.54, 1.807) is 32.0 Å². The third kappa shape index (κ3) is 6.59. The molecule has 0 aromatic heterocycles. The third-order valence-corrected chi connectivity index (χ3v) is 6.39. The number of carbonyl (C=O) groups excluding carboxylic acids is 1. The molecule has 0 unspecified atom stereocenters. The summed E-state index contributed by atoms with van der Waals surface area (Å²) in [6.45, 7) is 3.41. The number of anilines is 2. The van der Waals surface area contributed by atoms with Crippen molar-refractivity contribution < 1.29 is 17.9 Å². The monoisotopic (exact) mass is 452 g/mol. The summed E-state index contributed by atoms with van der Waals surface area (Å²) >= 11 is 0. The van der Waals surface area contributed by atoms with Crippen molar-refractivity contribution in [2.75, 3.05) is 22.4 Å². The number of rotatable bonds is 10. The first kappa shape index (κ1) is 23.3. The molecule has 2 N–H and O–H groups in total. The molecule has 0 heterocycles. The first-order valence-corrected chi connectivity index (χ1v) is 12.2. The predicted molar refractivity (Wildman–Crippen MR) is 129 cm³/mol. The number of sulfonamides is 1. The highest BCUT2D eigenvalue weighted by Gasteiger charge is 2.14. The molecule has 0 fully saturated rings. The number of hydrogen-bond donors (Lipinski definition) is 2. The summed E-state index contributed by atoms with van der Waals surface area (Å²) in [6.07, 6.45) is 1.23. The van der Waals surface area contributed by atoms with E-state index < -0.39 is 10.0 Å². The van der Waals surface area contributed by atoms with E-state index >= 15 is 0 Å². The van der Waals surface area contributed by atoms with Crippen molar-refractivity contribution in [2.24, 2.45) is 0 Å². The Hall–Kier alpha value is -3.32. The Kier molecular flexibility index (Phi) is 7.89. The standard InChI is InChI=1S/C25H28N2O4S/c1-3-16-32(29,30)27-23-14-9-13-22(19(23)2)26-25(28)18-31-24-15-8-7-12-21(24)17-20-10-5-4-6-11-20/h4-15,27H,3,16-18H2,1-2H3,(H,26,28). The number of carbonyl (C=O) groups is 1. The van der Waals surface area contributed by atoms with Gasteiger partial charge in [-0.15, -0.1) is 0 Å². The van der Waals surface area contributed by atoms with Gasteiger partial charge < -0.3 is 10.1 Å². The summed E-state index contributed by atoms with van der Waals surface area (Å²) in [4.78, 5) is 12.5. The van der Waals surface area contributed by atoms with Crippen LogP contribution in [0.15, 0.2) is 72.8 Å². The Morgan fingerprint density at radius 3 is 2.34 bits per heavy atom. The van der Waals surface area contributed by atoms with Gasteiger partial charge in [0.05, 0.1) is 11.4 Å². The van der Waals surface area contributed by atoms with Gasteiger partial charge in [0.25, 0.3) is 5.91 Å². The lowest BCUT2D eigenvalue weighted by molar-refractivity contribution is -0.118. The lowest BCUT2D eigenvalue weighted by Crippen LogP contribution is -2.22. The molecule has 1 amide bonds. The van der Waals surface area contributed by atoms with Crippen LogP contribution in [-0.4, -0.2) is 26.7 Å². The van der Waals surface area contributed by atoms with Crippen molar-refractivity contribution in [3.05, 3.63) is 89.5 Å². The SMILES string of the molecule is CCCS(=O)(=O)Nc1cccc(NC(=O)COc2ccccc2Cc2ccccc2)c1C. The van der Waals surface area contributed by atoms with E-state index in [0.29, 0.717) is 35.5 Å². The fraction of sp³-hybridized carbons (Fsp3) is 0.240. The molecule has 0 bridgehead atoms. The first-order valence-electron chi connectivity index (χ1n) is 10.5. The molecule has 7 heteroatoms. The Morgan fingerprint density at radius 2 is 1.59 bits per heavy atom. The van der Waals surface area contributed by atoms with Gasteiger partial charge in [0.2, 0.25) is 10.0 Å². The first-order chi connectivity index (χ1) is 15.4. The fourth-order valence-electron chi connectivity index (χ4n) is 3.30. The number of ether oxygens (including phenoxy) is 1. The van der Waals surface area contributed by atoms with E-state index in [4.69, 9.17) is 4.74 Å². The fourth-order valence-corrected chi connectivity index (χ4v) is 4.50. The summed E-state index contributed by atoms with van der Waals surface area (Å²) in [5, 5.41) is 2.81. The molecule has 0 spiro atoms. The van der Waals surface area contributed by atoms with Crippen LogP contribution >= 0.6 is 0 Å².